The lowest BCUT2D eigenvalue weighted by Crippen LogP contribution is -2.53. The van der Waals surface area contributed by atoms with Crippen LogP contribution in [0.2, 0.25) is 0 Å². The van der Waals surface area contributed by atoms with Crippen molar-refractivity contribution in [3.8, 4) is 0 Å². The Bertz CT molecular complexity index is 350. The van der Waals surface area contributed by atoms with E-state index in [0.29, 0.717) is 6.04 Å². The lowest BCUT2D eigenvalue weighted by atomic mass is 9.99. The Morgan fingerprint density at radius 1 is 1.26 bits per heavy atom. The van der Waals surface area contributed by atoms with Crippen LogP contribution in [0.5, 0.6) is 0 Å². The number of nitrogens with one attached hydrogen (secondary N) is 2. The van der Waals surface area contributed by atoms with E-state index in [-0.39, 0.29) is 6.04 Å². The largest absolute Gasteiger partial charge is 0.480 e. The first-order valence-corrected chi connectivity index (χ1v) is 6.76. The van der Waals surface area contributed by atoms with Gasteiger partial charge in [0.25, 0.3) is 0 Å². The van der Waals surface area contributed by atoms with Crippen LogP contribution in [0.1, 0.15) is 25.7 Å². The zero-order valence-electron chi connectivity index (χ0n) is 10.8. The maximum absolute atomic E-state index is 11.7. The molecule has 2 amide bonds. The summed E-state index contributed by atoms with van der Waals surface area (Å²) in [5, 5.41) is 22.7. The molecule has 2 rings (SSSR count). The van der Waals surface area contributed by atoms with Gasteiger partial charge in [-0.2, -0.15) is 0 Å². The number of hydrogen-bond donors (Lipinski definition) is 4. The van der Waals surface area contributed by atoms with E-state index in [9.17, 15) is 9.59 Å². The van der Waals surface area contributed by atoms with Crippen LogP contribution < -0.4 is 10.6 Å². The minimum Gasteiger partial charge on any atom is -0.480 e. The number of carboxylic acid groups (broad SMARTS) is 1. The maximum atomic E-state index is 11.7. The summed E-state index contributed by atoms with van der Waals surface area (Å²) >= 11 is 0. The van der Waals surface area contributed by atoms with Crippen LogP contribution in [-0.4, -0.2) is 64.9 Å². The molecule has 2 saturated heterocycles. The van der Waals surface area contributed by atoms with Gasteiger partial charge in [0.2, 0.25) is 0 Å². The zero-order valence-corrected chi connectivity index (χ0v) is 10.8. The molecule has 0 aromatic heterocycles. The molecule has 7 nitrogen and oxygen atoms in total. The van der Waals surface area contributed by atoms with Crippen LogP contribution in [0.4, 0.5) is 4.79 Å². The molecule has 0 bridgehead atoms. The lowest BCUT2D eigenvalue weighted by Gasteiger charge is -2.32. The highest BCUT2D eigenvalue weighted by Gasteiger charge is 2.36. The first-order chi connectivity index (χ1) is 9.11. The number of carbonyl (C=O) groups is 2. The molecule has 0 aromatic carbocycles. The third-order valence-corrected chi connectivity index (χ3v) is 3.96. The summed E-state index contributed by atoms with van der Waals surface area (Å²) in [6.45, 7) is 1.46. The number of nitrogens with zero attached hydrogens (tertiary/aromatic N) is 1. The minimum atomic E-state index is -1.25. The Kier molecular flexibility index (Phi) is 4.60. The standard InChI is InChI=1S/C12H21N3O4/c16-7-9(11(17)18)14-12(19)13-8-4-6-15-5-2-1-3-10(8)15/h8-10,16H,1-7H2,(H,17,18)(H2,13,14,19). The van der Waals surface area contributed by atoms with Crippen molar-refractivity contribution in [2.75, 3.05) is 19.7 Å². The van der Waals surface area contributed by atoms with Gasteiger partial charge in [-0.05, 0) is 25.8 Å². The number of amides is 2. The van der Waals surface area contributed by atoms with Gasteiger partial charge in [0, 0.05) is 18.6 Å². The number of carboxylic acids is 1. The summed E-state index contributed by atoms with van der Waals surface area (Å²) in [7, 11) is 0. The van der Waals surface area contributed by atoms with Crippen LogP contribution in [0.3, 0.4) is 0 Å². The van der Waals surface area contributed by atoms with Crippen LogP contribution >= 0.6 is 0 Å². The van der Waals surface area contributed by atoms with Crippen molar-refractivity contribution in [2.24, 2.45) is 0 Å². The predicted octanol–water partition coefficient (Wildman–Crippen LogP) is -0.642. The molecule has 0 spiro atoms. The fraction of sp³-hybridized carbons (Fsp3) is 0.833. The third-order valence-electron chi connectivity index (χ3n) is 3.96. The zero-order chi connectivity index (χ0) is 13.8. The second kappa shape index (κ2) is 6.21. The molecule has 2 heterocycles. The van der Waals surface area contributed by atoms with Crippen molar-refractivity contribution < 1.29 is 19.8 Å². The summed E-state index contributed by atoms with van der Waals surface area (Å²) in [4.78, 5) is 24.8. The first kappa shape index (κ1) is 14.1. The molecular formula is C12H21N3O4. The molecule has 0 aliphatic carbocycles. The quantitative estimate of drug-likeness (QED) is 0.544. The molecule has 2 aliphatic rings. The number of hydrogen-bond acceptors (Lipinski definition) is 4. The summed E-state index contributed by atoms with van der Waals surface area (Å²) < 4.78 is 0. The Morgan fingerprint density at radius 3 is 2.74 bits per heavy atom. The average molecular weight is 271 g/mol. The van der Waals surface area contributed by atoms with E-state index in [4.69, 9.17) is 10.2 Å². The van der Waals surface area contributed by atoms with E-state index in [0.717, 1.165) is 25.9 Å². The van der Waals surface area contributed by atoms with Gasteiger partial charge in [-0.3, -0.25) is 4.90 Å². The van der Waals surface area contributed by atoms with Crippen LogP contribution in [0.15, 0.2) is 0 Å². The smallest absolute Gasteiger partial charge is 0.328 e. The van der Waals surface area contributed by atoms with Crippen LogP contribution in [-0.2, 0) is 4.79 Å². The molecule has 3 unspecified atom stereocenters. The van der Waals surface area contributed by atoms with E-state index in [2.05, 4.69) is 15.5 Å². The van der Waals surface area contributed by atoms with Gasteiger partial charge in [-0.15, -0.1) is 0 Å². The maximum Gasteiger partial charge on any atom is 0.328 e. The highest BCUT2D eigenvalue weighted by molar-refractivity contribution is 5.82. The number of carbonyl (C=O) groups excluding carboxylic acids is 1. The van der Waals surface area contributed by atoms with Gasteiger partial charge in [0.15, 0.2) is 6.04 Å². The second-order valence-electron chi connectivity index (χ2n) is 5.19. The SMILES string of the molecule is O=C(NC(CO)C(=O)O)NC1CCN2CCCCC12. The fourth-order valence-corrected chi connectivity index (χ4v) is 2.97. The molecule has 19 heavy (non-hydrogen) atoms. The van der Waals surface area contributed by atoms with Gasteiger partial charge in [-0.25, -0.2) is 9.59 Å². The third kappa shape index (κ3) is 3.36. The van der Waals surface area contributed by atoms with Gasteiger partial charge >= 0.3 is 12.0 Å². The van der Waals surface area contributed by atoms with E-state index in [1.165, 1.54) is 12.8 Å². The summed E-state index contributed by atoms with van der Waals surface area (Å²) in [6, 6.07) is -1.31. The van der Waals surface area contributed by atoms with Crippen molar-refractivity contribution in [3.05, 3.63) is 0 Å². The molecule has 2 aliphatic heterocycles. The average Bonchev–Trinajstić information content (AvgIpc) is 2.79. The number of fused-ring (bicyclic) bond motifs is 1. The van der Waals surface area contributed by atoms with Crippen molar-refractivity contribution >= 4 is 12.0 Å². The lowest BCUT2D eigenvalue weighted by molar-refractivity contribution is -0.140. The monoisotopic (exact) mass is 271 g/mol. The predicted molar refractivity (Wildman–Crippen MR) is 67.8 cm³/mol. The Balaban J connectivity index is 1.83. The normalized spacial score (nSPS) is 28.5. The summed E-state index contributed by atoms with van der Waals surface area (Å²) in [6.07, 6.45) is 4.36. The van der Waals surface area contributed by atoms with E-state index < -0.39 is 24.6 Å². The molecule has 2 fully saturated rings. The Morgan fingerprint density at radius 2 is 2.05 bits per heavy atom. The fourth-order valence-electron chi connectivity index (χ4n) is 2.97. The van der Waals surface area contributed by atoms with Gasteiger partial charge in [0.1, 0.15) is 0 Å². The summed E-state index contributed by atoms with van der Waals surface area (Å²) in [5.41, 5.74) is 0. The van der Waals surface area contributed by atoms with Crippen LogP contribution in [0, 0.1) is 0 Å². The molecule has 7 heteroatoms. The van der Waals surface area contributed by atoms with Crippen molar-refractivity contribution in [1.82, 2.24) is 15.5 Å². The summed E-state index contributed by atoms with van der Waals surface area (Å²) in [5.74, 6) is -1.23. The minimum absolute atomic E-state index is 0.0773. The first-order valence-electron chi connectivity index (χ1n) is 6.76. The van der Waals surface area contributed by atoms with E-state index >= 15 is 0 Å². The molecular weight excluding hydrogens is 250 g/mol. The highest BCUT2D eigenvalue weighted by Crippen LogP contribution is 2.26. The second-order valence-corrected chi connectivity index (χ2v) is 5.19. The topological polar surface area (TPSA) is 102 Å². The molecule has 0 saturated carbocycles. The van der Waals surface area contributed by atoms with Crippen molar-refractivity contribution in [2.45, 2.75) is 43.8 Å². The van der Waals surface area contributed by atoms with Gasteiger partial charge in [-0.1, -0.05) is 6.42 Å². The van der Waals surface area contributed by atoms with Gasteiger partial charge in [0.05, 0.1) is 6.61 Å². The Hall–Kier alpha value is -1.34. The molecule has 0 aromatic rings. The number of aliphatic carboxylic acids is 1. The van der Waals surface area contributed by atoms with E-state index in [1.807, 2.05) is 0 Å². The highest BCUT2D eigenvalue weighted by atomic mass is 16.4. The number of piperidine rings is 1. The van der Waals surface area contributed by atoms with E-state index in [1.54, 1.807) is 0 Å². The molecule has 3 atom stereocenters. The molecule has 0 radical (unpaired) electrons. The number of aliphatic hydroxyl groups is 1. The number of aliphatic hydroxyl groups excluding tert-OH is 1. The van der Waals surface area contributed by atoms with Crippen LogP contribution in [0.25, 0.3) is 0 Å². The molecule has 4 N–H and O–H groups in total. The van der Waals surface area contributed by atoms with Crippen molar-refractivity contribution in [1.29, 1.82) is 0 Å². The number of urea groups is 1. The Labute approximate surface area is 112 Å². The molecule has 108 valence electrons. The number of rotatable bonds is 4. The van der Waals surface area contributed by atoms with Gasteiger partial charge < -0.3 is 20.8 Å². The van der Waals surface area contributed by atoms with Crippen molar-refractivity contribution in [3.63, 3.8) is 0 Å².